The molecule has 1 saturated heterocycles. The third kappa shape index (κ3) is 4.96. The van der Waals surface area contributed by atoms with Crippen LogP contribution >= 0.6 is 23.8 Å². The Balaban J connectivity index is 1.65. The van der Waals surface area contributed by atoms with Crippen LogP contribution in [0.4, 0.5) is 0 Å². The second-order valence-corrected chi connectivity index (χ2v) is 7.33. The van der Waals surface area contributed by atoms with Gasteiger partial charge in [-0.1, -0.05) is 60.1 Å². The molecule has 1 heterocycles. The molecule has 4 nitrogen and oxygen atoms in total. The maximum atomic E-state index is 6.39. The Morgan fingerprint density at radius 3 is 2.54 bits per heavy atom. The molecule has 1 aliphatic rings. The maximum Gasteiger partial charge on any atom is 0.181 e. The summed E-state index contributed by atoms with van der Waals surface area (Å²) in [5.41, 5.74) is 2.18. The van der Waals surface area contributed by atoms with E-state index in [1.807, 2.05) is 18.2 Å². The van der Waals surface area contributed by atoms with Crippen molar-refractivity contribution in [1.82, 2.24) is 9.80 Å². The number of rotatable bonds is 6. The van der Waals surface area contributed by atoms with Gasteiger partial charge >= 0.3 is 0 Å². The molecule has 0 spiro atoms. The van der Waals surface area contributed by atoms with E-state index in [9.17, 15) is 0 Å². The third-order valence-electron chi connectivity index (χ3n) is 4.68. The first-order chi connectivity index (χ1) is 13.6. The first-order valence-corrected chi connectivity index (χ1v) is 9.90. The molecule has 28 heavy (non-hydrogen) atoms. The van der Waals surface area contributed by atoms with Crippen LogP contribution in [0.3, 0.4) is 0 Å². The highest BCUT2D eigenvalue weighted by Gasteiger charge is 2.22. The van der Waals surface area contributed by atoms with Crippen molar-refractivity contribution in [2.75, 3.05) is 39.9 Å². The number of thiocarbonyl (C=S) groups is 1. The number of terminal acetylenes is 1. The molecule has 0 saturated carbocycles. The van der Waals surface area contributed by atoms with Gasteiger partial charge in [0.1, 0.15) is 11.6 Å². The molecule has 1 aliphatic heterocycles. The smallest absolute Gasteiger partial charge is 0.181 e. The fraction of sp³-hybridized carbons (Fsp3) is 0.318. The Bertz CT molecular complexity index is 859. The van der Waals surface area contributed by atoms with Crippen molar-refractivity contribution in [2.24, 2.45) is 0 Å². The maximum absolute atomic E-state index is 6.39. The Labute approximate surface area is 177 Å². The molecule has 146 valence electrons. The molecule has 3 rings (SSSR count). The Hall–Kier alpha value is -2.26. The van der Waals surface area contributed by atoms with E-state index in [1.165, 1.54) is 5.56 Å². The summed E-state index contributed by atoms with van der Waals surface area (Å²) in [4.78, 5) is 5.42. The van der Waals surface area contributed by atoms with E-state index < -0.39 is 0 Å². The van der Waals surface area contributed by atoms with Gasteiger partial charge in [0.2, 0.25) is 0 Å². The van der Waals surface area contributed by atoms with Gasteiger partial charge in [-0.15, -0.1) is 6.42 Å². The van der Waals surface area contributed by atoms with Gasteiger partial charge < -0.3 is 14.4 Å². The lowest BCUT2D eigenvalue weighted by Gasteiger charge is -2.36. The lowest BCUT2D eigenvalue weighted by Crippen LogP contribution is -2.48. The van der Waals surface area contributed by atoms with Crippen molar-refractivity contribution in [1.29, 1.82) is 0 Å². The number of benzene rings is 2. The normalized spacial score (nSPS) is 14.4. The van der Waals surface area contributed by atoms with Crippen molar-refractivity contribution in [3.8, 4) is 23.8 Å². The summed E-state index contributed by atoms with van der Waals surface area (Å²) in [5, 5.41) is 0.440. The van der Waals surface area contributed by atoms with Crippen LogP contribution in [0.1, 0.15) is 11.1 Å². The topological polar surface area (TPSA) is 24.9 Å². The average Bonchev–Trinajstić information content (AvgIpc) is 2.73. The van der Waals surface area contributed by atoms with E-state index in [1.54, 1.807) is 7.11 Å². The summed E-state index contributed by atoms with van der Waals surface area (Å²) in [7, 11) is 1.57. The number of nitrogens with zero attached hydrogens (tertiary/aromatic N) is 2. The summed E-state index contributed by atoms with van der Waals surface area (Å²) >= 11 is 12.1. The minimum atomic E-state index is 0.128. The fourth-order valence-corrected chi connectivity index (χ4v) is 3.80. The van der Waals surface area contributed by atoms with Gasteiger partial charge in [0.15, 0.2) is 11.5 Å². The van der Waals surface area contributed by atoms with Crippen LogP contribution in [-0.4, -0.2) is 54.7 Å². The number of ether oxygens (including phenoxy) is 2. The third-order valence-corrected chi connectivity index (χ3v) is 5.46. The van der Waals surface area contributed by atoms with Crippen LogP contribution in [0, 0.1) is 12.3 Å². The lowest BCUT2D eigenvalue weighted by molar-refractivity contribution is 0.177. The Morgan fingerprint density at radius 1 is 1.18 bits per heavy atom. The van der Waals surface area contributed by atoms with Crippen molar-refractivity contribution < 1.29 is 9.47 Å². The van der Waals surface area contributed by atoms with Gasteiger partial charge in [0.25, 0.3) is 0 Å². The molecular formula is C22H23ClN2O2S. The molecule has 0 amide bonds. The first-order valence-electron chi connectivity index (χ1n) is 9.11. The highest BCUT2D eigenvalue weighted by atomic mass is 35.5. The Morgan fingerprint density at radius 2 is 1.89 bits per heavy atom. The number of hydrogen-bond donors (Lipinski definition) is 0. The molecule has 0 bridgehead atoms. The number of halogens is 1. The zero-order valence-corrected chi connectivity index (χ0v) is 17.4. The van der Waals surface area contributed by atoms with Crippen molar-refractivity contribution in [3.63, 3.8) is 0 Å². The summed E-state index contributed by atoms with van der Waals surface area (Å²) in [6, 6.07) is 14.2. The van der Waals surface area contributed by atoms with E-state index in [4.69, 9.17) is 39.7 Å². The molecular weight excluding hydrogens is 392 g/mol. The van der Waals surface area contributed by atoms with Crippen LogP contribution in [-0.2, 0) is 6.54 Å². The highest BCUT2D eigenvalue weighted by Crippen LogP contribution is 2.37. The van der Waals surface area contributed by atoms with Crippen LogP contribution in [0.2, 0.25) is 5.02 Å². The standard InChI is InChI=1S/C22H23ClN2O2S/c1-3-13-27-21-19(23)14-18(15-20(21)26-2)22(28)25-11-9-24(10-12-25)16-17-7-5-4-6-8-17/h1,4-8,14-15H,9-13,16H2,2H3. The molecule has 2 aromatic rings. The lowest BCUT2D eigenvalue weighted by atomic mass is 10.1. The van der Waals surface area contributed by atoms with Gasteiger partial charge in [-0.3, -0.25) is 4.90 Å². The monoisotopic (exact) mass is 414 g/mol. The number of hydrogen-bond acceptors (Lipinski definition) is 4. The van der Waals surface area contributed by atoms with E-state index in [-0.39, 0.29) is 6.61 Å². The molecule has 0 N–H and O–H groups in total. The predicted octanol–water partition coefficient (Wildman–Crippen LogP) is 3.85. The van der Waals surface area contributed by atoms with Crippen molar-refractivity contribution in [2.45, 2.75) is 6.54 Å². The molecule has 0 aliphatic carbocycles. The molecule has 0 atom stereocenters. The molecule has 0 aromatic heterocycles. The van der Waals surface area contributed by atoms with E-state index in [2.05, 4.69) is 40.0 Å². The molecule has 0 unspecified atom stereocenters. The number of methoxy groups -OCH3 is 1. The molecule has 1 fully saturated rings. The summed E-state index contributed by atoms with van der Waals surface area (Å²) in [6.45, 7) is 4.76. The quantitative estimate of drug-likeness (QED) is 0.528. The summed E-state index contributed by atoms with van der Waals surface area (Å²) in [6.07, 6.45) is 5.26. The average molecular weight is 415 g/mol. The van der Waals surface area contributed by atoms with Crippen LogP contribution < -0.4 is 9.47 Å². The molecule has 6 heteroatoms. The van der Waals surface area contributed by atoms with E-state index >= 15 is 0 Å². The van der Waals surface area contributed by atoms with Gasteiger partial charge in [0.05, 0.1) is 12.1 Å². The summed E-state index contributed by atoms with van der Waals surface area (Å²) in [5.74, 6) is 3.41. The fourth-order valence-electron chi connectivity index (χ4n) is 3.23. The van der Waals surface area contributed by atoms with Crippen LogP contribution in [0.25, 0.3) is 0 Å². The Kier molecular flexibility index (Phi) is 7.16. The second-order valence-electron chi connectivity index (χ2n) is 6.54. The largest absolute Gasteiger partial charge is 0.493 e. The zero-order chi connectivity index (χ0) is 19.9. The van der Waals surface area contributed by atoms with Gasteiger partial charge in [-0.25, -0.2) is 0 Å². The minimum Gasteiger partial charge on any atom is -0.493 e. The minimum absolute atomic E-state index is 0.128. The summed E-state index contributed by atoms with van der Waals surface area (Å²) < 4.78 is 10.9. The first kappa shape index (κ1) is 20.5. The van der Waals surface area contributed by atoms with Crippen molar-refractivity contribution in [3.05, 3.63) is 58.6 Å². The van der Waals surface area contributed by atoms with Gasteiger partial charge in [0, 0.05) is 38.3 Å². The van der Waals surface area contributed by atoms with Crippen molar-refractivity contribution >= 4 is 28.8 Å². The second kappa shape index (κ2) is 9.79. The zero-order valence-electron chi connectivity index (χ0n) is 15.9. The van der Waals surface area contributed by atoms with Gasteiger partial charge in [-0.05, 0) is 17.7 Å². The van der Waals surface area contributed by atoms with Crippen LogP contribution in [0.15, 0.2) is 42.5 Å². The van der Waals surface area contributed by atoms with E-state index in [0.29, 0.717) is 16.5 Å². The van der Waals surface area contributed by atoms with Crippen LogP contribution in [0.5, 0.6) is 11.5 Å². The number of piperazine rings is 1. The SMILES string of the molecule is C#CCOc1c(Cl)cc(C(=S)N2CCN(Cc3ccccc3)CC2)cc1OC. The van der Waals surface area contributed by atoms with E-state index in [0.717, 1.165) is 43.3 Å². The molecule has 0 radical (unpaired) electrons. The highest BCUT2D eigenvalue weighted by molar-refractivity contribution is 7.80. The van der Waals surface area contributed by atoms with Gasteiger partial charge in [-0.2, -0.15) is 0 Å². The predicted molar refractivity (Wildman–Crippen MR) is 117 cm³/mol. The molecule has 2 aromatic carbocycles.